The van der Waals surface area contributed by atoms with Gasteiger partial charge < -0.3 is 37.4 Å². The van der Waals surface area contributed by atoms with Gasteiger partial charge in [0.2, 0.25) is 29.5 Å². The fourth-order valence-electron chi connectivity index (χ4n) is 5.89. The third kappa shape index (κ3) is 14.4. The molecule has 0 aromatic heterocycles. The minimum atomic E-state index is -1.31. The summed E-state index contributed by atoms with van der Waals surface area (Å²) in [6, 6.07) is 28.9. The molecule has 4 rings (SSSR count). The molecule has 0 radical (unpaired) electrons. The maximum atomic E-state index is 14.1. The van der Waals surface area contributed by atoms with Gasteiger partial charge in [0.1, 0.15) is 30.2 Å². The molecule has 300 valence electrons. The van der Waals surface area contributed by atoms with E-state index in [1.807, 2.05) is 48.5 Å². The molecule has 57 heavy (non-hydrogen) atoms. The summed E-state index contributed by atoms with van der Waals surface area (Å²) >= 11 is 8.32. The average molecular weight is 813 g/mol. The fraction of sp³-hybridized carbons (Fsp3) is 0.286. The molecular formula is C42H48N6O7S2. The molecule has 0 saturated carbocycles. The van der Waals surface area contributed by atoms with Crippen molar-refractivity contribution in [2.75, 3.05) is 11.5 Å². The van der Waals surface area contributed by atoms with Crippen LogP contribution in [0.5, 0.6) is 0 Å². The van der Waals surface area contributed by atoms with Crippen LogP contribution in [0.3, 0.4) is 0 Å². The first-order valence-corrected chi connectivity index (χ1v) is 19.6. The molecule has 0 unspecified atom stereocenters. The number of carboxylic acids is 1. The number of nitrogens with one attached hydrogen (secondary N) is 5. The highest BCUT2D eigenvalue weighted by atomic mass is 32.1. The van der Waals surface area contributed by atoms with Crippen molar-refractivity contribution >= 4 is 60.8 Å². The number of carbonyl (C=O) groups is 6. The Balaban J connectivity index is 1.54. The highest BCUT2D eigenvalue weighted by molar-refractivity contribution is 7.80. The molecule has 0 heterocycles. The molecule has 0 aliphatic heterocycles. The molecule has 4 aromatic rings. The summed E-state index contributed by atoms with van der Waals surface area (Å²) in [7, 11) is 0. The van der Waals surface area contributed by atoms with Gasteiger partial charge in [-0.3, -0.25) is 24.0 Å². The standard InChI is InChI=1S/C42H48N6O7S2/c43-31(21-27-13-5-1-6-14-27)37(49)44-32(22-28-15-7-2-8-16-28)38(50)45-33(23-29-17-9-3-10-18-29)39(51)47-35(25-56)41(53)46-34(24-30-19-11-4-12-20-30)40(52)48-36(26-57)42(54)55/h1-20,31-36,56-57H,21-26,43H2,(H,44,49)(H,45,50)(H,46,53)(H,47,51)(H,48,52)(H,54,55)/t31-,32-,33-,34-,35-,36-/m0/s1. The lowest BCUT2D eigenvalue weighted by molar-refractivity contribution is -0.141. The second kappa shape index (κ2) is 22.8. The third-order valence-corrected chi connectivity index (χ3v) is 9.73. The van der Waals surface area contributed by atoms with Gasteiger partial charge in [0.15, 0.2) is 0 Å². The quantitative estimate of drug-likeness (QED) is 0.0565. The van der Waals surface area contributed by atoms with Crippen molar-refractivity contribution in [3.63, 3.8) is 0 Å². The van der Waals surface area contributed by atoms with E-state index in [1.165, 1.54) is 0 Å². The zero-order valence-corrected chi connectivity index (χ0v) is 32.9. The van der Waals surface area contributed by atoms with E-state index in [0.29, 0.717) is 11.1 Å². The van der Waals surface area contributed by atoms with E-state index in [0.717, 1.165) is 11.1 Å². The number of carboxylic acid groups (broad SMARTS) is 1. The predicted molar refractivity (Wildman–Crippen MR) is 224 cm³/mol. The second-order valence-electron chi connectivity index (χ2n) is 13.4. The van der Waals surface area contributed by atoms with E-state index in [-0.39, 0.29) is 37.2 Å². The summed E-state index contributed by atoms with van der Waals surface area (Å²) in [5, 5.41) is 22.7. The highest BCUT2D eigenvalue weighted by Crippen LogP contribution is 2.10. The van der Waals surface area contributed by atoms with Gasteiger partial charge >= 0.3 is 5.97 Å². The first-order valence-electron chi connectivity index (χ1n) is 18.3. The molecule has 5 amide bonds. The second-order valence-corrected chi connectivity index (χ2v) is 14.1. The molecule has 8 N–H and O–H groups in total. The predicted octanol–water partition coefficient (Wildman–Crippen LogP) is 1.65. The summed E-state index contributed by atoms with van der Waals surface area (Å²) in [6.45, 7) is 0. The Kier molecular flexibility index (Phi) is 17.6. The molecule has 0 spiro atoms. The molecule has 0 saturated heterocycles. The minimum Gasteiger partial charge on any atom is -0.480 e. The maximum absolute atomic E-state index is 14.1. The van der Waals surface area contributed by atoms with E-state index in [4.69, 9.17) is 5.73 Å². The first kappa shape index (κ1) is 44.1. The Morgan fingerprint density at radius 2 is 0.684 bits per heavy atom. The molecule has 15 heteroatoms. The number of hydrogen-bond acceptors (Lipinski definition) is 9. The van der Waals surface area contributed by atoms with E-state index >= 15 is 0 Å². The molecular weight excluding hydrogens is 765 g/mol. The zero-order valence-electron chi connectivity index (χ0n) is 31.1. The first-order chi connectivity index (χ1) is 27.5. The van der Waals surface area contributed by atoms with Crippen LogP contribution in [0.1, 0.15) is 22.3 Å². The number of benzene rings is 4. The van der Waals surface area contributed by atoms with Gasteiger partial charge in [0, 0.05) is 30.8 Å². The number of thiol groups is 2. The van der Waals surface area contributed by atoms with Crippen molar-refractivity contribution in [2.24, 2.45) is 5.73 Å². The van der Waals surface area contributed by atoms with Crippen LogP contribution in [0.4, 0.5) is 0 Å². The summed E-state index contributed by atoms with van der Waals surface area (Å²) in [6.07, 6.45) is 0.374. The van der Waals surface area contributed by atoms with Crippen LogP contribution in [0, 0.1) is 0 Å². The van der Waals surface area contributed by atoms with E-state index in [1.54, 1.807) is 72.8 Å². The van der Waals surface area contributed by atoms with Crippen LogP contribution >= 0.6 is 25.3 Å². The van der Waals surface area contributed by atoms with Crippen molar-refractivity contribution in [1.82, 2.24) is 26.6 Å². The van der Waals surface area contributed by atoms with Gasteiger partial charge in [-0.1, -0.05) is 121 Å². The topological polar surface area (TPSA) is 209 Å². The van der Waals surface area contributed by atoms with Crippen molar-refractivity contribution in [1.29, 1.82) is 0 Å². The van der Waals surface area contributed by atoms with Crippen LogP contribution in [0.15, 0.2) is 121 Å². The lowest BCUT2D eigenvalue weighted by Gasteiger charge is -2.27. The zero-order chi connectivity index (χ0) is 41.2. The number of amides is 5. The number of carbonyl (C=O) groups excluding carboxylic acids is 5. The maximum Gasteiger partial charge on any atom is 0.327 e. The Labute approximate surface area is 342 Å². The van der Waals surface area contributed by atoms with E-state index in [9.17, 15) is 33.9 Å². The van der Waals surface area contributed by atoms with Gasteiger partial charge in [0.05, 0.1) is 6.04 Å². The minimum absolute atomic E-state index is 0.0147. The van der Waals surface area contributed by atoms with Crippen LogP contribution in [0.2, 0.25) is 0 Å². The average Bonchev–Trinajstić information content (AvgIpc) is 3.22. The monoisotopic (exact) mass is 812 g/mol. The van der Waals surface area contributed by atoms with Crippen LogP contribution in [-0.4, -0.2) is 88.4 Å². The van der Waals surface area contributed by atoms with Gasteiger partial charge in [-0.2, -0.15) is 25.3 Å². The lowest BCUT2D eigenvalue weighted by Crippen LogP contribution is -2.60. The van der Waals surface area contributed by atoms with Crippen LogP contribution in [0.25, 0.3) is 0 Å². The fourth-order valence-corrected chi connectivity index (χ4v) is 6.39. The number of aliphatic carboxylic acids is 1. The SMILES string of the molecule is N[C@@H](Cc1ccccc1)C(=O)N[C@@H](Cc1ccccc1)C(=O)N[C@@H](Cc1ccccc1)C(=O)N[C@@H](CS)C(=O)N[C@@H](Cc1ccccc1)C(=O)N[C@@H](CS)C(=O)O. The van der Waals surface area contributed by atoms with Crippen molar-refractivity contribution in [2.45, 2.75) is 61.9 Å². The molecule has 0 fully saturated rings. The van der Waals surface area contributed by atoms with E-state index < -0.39 is 71.8 Å². The van der Waals surface area contributed by atoms with Crippen molar-refractivity contribution in [3.05, 3.63) is 144 Å². The molecule has 6 atom stereocenters. The Bertz CT molecular complexity index is 1930. The molecule has 13 nitrogen and oxygen atoms in total. The van der Waals surface area contributed by atoms with Gasteiger partial charge in [0.25, 0.3) is 0 Å². The Morgan fingerprint density at radius 3 is 1.00 bits per heavy atom. The largest absolute Gasteiger partial charge is 0.480 e. The normalized spacial score (nSPS) is 14.0. The highest BCUT2D eigenvalue weighted by Gasteiger charge is 2.33. The van der Waals surface area contributed by atoms with E-state index in [2.05, 4.69) is 51.8 Å². The lowest BCUT2D eigenvalue weighted by atomic mass is 10.0. The molecule has 0 aliphatic rings. The Hall–Kier alpha value is -5.64. The number of rotatable bonds is 21. The third-order valence-electron chi connectivity index (χ3n) is 8.99. The summed E-state index contributed by atoms with van der Waals surface area (Å²) in [5.74, 6) is -5.13. The summed E-state index contributed by atoms with van der Waals surface area (Å²) in [4.78, 5) is 80.1. The number of nitrogens with two attached hydrogens (primary N) is 1. The summed E-state index contributed by atoms with van der Waals surface area (Å²) in [5.41, 5.74) is 9.26. The van der Waals surface area contributed by atoms with Gasteiger partial charge in [-0.05, 0) is 28.7 Å². The van der Waals surface area contributed by atoms with Crippen LogP contribution in [-0.2, 0) is 54.5 Å². The molecule has 4 aromatic carbocycles. The van der Waals surface area contributed by atoms with Gasteiger partial charge in [-0.15, -0.1) is 0 Å². The molecule has 0 aliphatic carbocycles. The van der Waals surface area contributed by atoms with Crippen LogP contribution < -0.4 is 32.3 Å². The van der Waals surface area contributed by atoms with Crippen molar-refractivity contribution < 1.29 is 33.9 Å². The smallest absolute Gasteiger partial charge is 0.327 e. The Morgan fingerprint density at radius 1 is 0.421 bits per heavy atom. The van der Waals surface area contributed by atoms with Gasteiger partial charge in [-0.25, -0.2) is 4.79 Å². The summed E-state index contributed by atoms with van der Waals surface area (Å²) < 4.78 is 0. The van der Waals surface area contributed by atoms with Crippen molar-refractivity contribution in [3.8, 4) is 0 Å². The molecule has 0 bridgehead atoms. The number of hydrogen-bond donors (Lipinski definition) is 9.